The van der Waals surface area contributed by atoms with Crippen LogP contribution in [-0.2, 0) is 4.79 Å². The second-order valence-electron chi connectivity index (χ2n) is 8.06. The quantitative estimate of drug-likeness (QED) is 0.587. The number of Topliss-reactive ketones (excluding diaryl/α,β-unsaturated/α-hetero) is 1. The number of aryl methyl sites for hydroxylation is 2. The summed E-state index contributed by atoms with van der Waals surface area (Å²) in [5.41, 5.74) is 0.560. The first kappa shape index (κ1) is 20.6. The molecule has 1 spiro atoms. The normalized spacial score (nSPS) is 20.1. The monoisotopic (exact) mass is 436 g/mol. The third kappa shape index (κ3) is 3.32. The first-order valence-electron chi connectivity index (χ1n) is 9.70. The van der Waals surface area contributed by atoms with E-state index in [0.29, 0.717) is 11.3 Å². The Bertz CT molecular complexity index is 1050. The highest BCUT2D eigenvalue weighted by Gasteiger charge is 2.55. The van der Waals surface area contributed by atoms with Gasteiger partial charge in [-0.25, -0.2) is 18.6 Å². The highest BCUT2D eigenvalue weighted by atomic mass is 32.1. The van der Waals surface area contributed by atoms with Crippen LogP contribution in [0.2, 0.25) is 0 Å². The number of imide groups is 1. The van der Waals surface area contributed by atoms with Crippen molar-refractivity contribution in [3.8, 4) is 5.13 Å². The van der Waals surface area contributed by atoms with Crippen LogP contribution in [0.4, 0.5) is 13.6 Å². The lowest BCUT2D eigenvalue weighted by Crippen LogP contribution is -2.51. The number of urea groups is 1. The fourth-order valence-electron chi connectivity index (χ4n) is 4.22. The van der Waals surface area contributed by atoms with E-state index in [9.17, 15) is 23.2 Å². The topological polar surface area (TPSA) is 84.3 Å². The Morgan fingerprint density at radius 3 is 2.47 bits per heavy atom. The zero-order valence-corrected chi connectivity index (χ0v) is 17.7. The largest absolute Gasteiger partial charge is 0.325 e. The molecule has 1 N–H and O–H groups in total. The summed E-state index contributed by atoms with van der Waals surface area (Å²) in [6, 6.07) is 1.01. The van der Waals surface area contributed by atoms with Crippen LogP contribution in [0.3, 0.4) is 0 Å². The lowest BCUT2D eigenvalue weighted by Gasteiger charge is -2.34. The van der Waals surface area contributed by atoms with Crippen molar-refractivity contribution in [1.29, 1.82) is 0 Å². The summed E-state index contributed by atoms with van der Waals surface area (Å²) in [7, 11) is 0. The maximum absolute atomic E-state index is 13.5. The van der Waals surface area contributed by atoms with Gasteiger partial charge in [-0.05, 0) is 39.7 Å². The molecular weight excluding hydrogens is 414 g/mol. The van der Waals surface area contributed by atoms with Crippen molar-refractivity contribution in [1.82, 2.24) is 19.8 Å². The number of rotatable bonds is 4. The van der Waals surface area contributed by atoms with Gasteiger partial charge in [-0.1, -0.05) is 0 Å². The van der Waals surface area contributed by atoms with Crippen LogP contribution in [0.1, 0.15) is 52.3 Å². The predicted molar refractivity (Wildman–Crippen MR) is 106 cm³/mol. The van der Waals surface area contributed by atoms with E-state index in [0.717, 1.165) is 20.6 Å². The Kier molecular flexibility index (Phi) is 4.80. The Hall–Kier alpha value is -2.62. The summed E-state index contributed by atoms with van der Waals surface area (Å²) in [5.74, 6) is -3.81. The van der Waals surface area contributed by atoms with E-state index in [2.05, 4.69) is 10.3 Å². The van der Waals surface area contributed by atoms with Crippen molar-refractivity contribution >= 4 is 29.1 Å². The smallest absolute Gasteiger partial charge is 0.323 e. The van der Waals surface area contributed by atoms with Crippen LogP contribution < -0.4 is 5.32 Å². The first-order valence-corrected chi connectivity index (χ1v) is 10.5. The molecule has 0 atom stereocenters. The molecule has 1 saturated carbocycles. The summed E-state index contributed by atoms with van der Waals surface area (Å²) in [6.07, 6.45) is 0.561. The molecule has 160 valence electrons. The number of amides is 3. The maximum Gasteiger partial charge on any atom is 0.325 e. The number of nitrogens with zero attached hydrogens (tertiary/aromatic N) is 3. The fraction of sp³-hybridized carbons (Fsp3) is 0.500. The molecule has 7 nitrogen and oxygen atoms in total. The van der Waals surface area contributed by atoms with Gasteiger partial charge in [0, 0.05) is 40.9 Å². The van der Waals surface area contributed by atoms with Crippen LogP contribution in [0.15, 0.2) is 12.3 Å². The lowest BCUT2D eigenvalue weighted by atomic mass is 9.80. The first-order chi connectivity index (χ1) is 14.0. The molecule has 1 saturated heterocycles. The summed E-state index contributed by atoms with van der Waals surface area (Å²) in [5, 5.41) is 3.30. The number of halogens is 2. The summed E-state index contributed by atoms with van der Waals surface area (Å²) in [4.78, 5) is 44.5. The lowest BCUT2D eigenvalue weighted by molar-refractivity contribution is -0.135. The number of thiazole rings is 1. The van der Waals surface area contributed by atoms with Crippen molar-refractivity contribution in [2.24, 2.45) is 0 Å². The molecule has 10 heteroatoms. The Labute approximate surface area is 176 Å². The number of carbonyl (C=O) groups is 3. The third-order valence-corrected chi connectivity index (χ3v) is 6.81. The van der Waals surface area contributed by atoms with Crippen molar-refractivity contribution in [2.75, 3.05) is 6.54 Å². The third-order valence-electron chi connectivity index (χ3n) is 5.91. The van der Waals surface area contributed by atoms with E-state index in [1.54, 1.807) is 19.2 Å². The van der Waals surface area contributed by atoms with Gasteiger partial charge in [-0.15, -0.1) is 11.3 Å². The molecule has 2 aromatic rings. The number of aromatic nitrogens is 2. The Morgan fingerprint density at radius 1 is 1.20 bits per heavy atom. The Morgan fingerprint density at radius 2 is 1.87 bits per heavy atom. The molecule has 1 aliphatic heterocycles. The van der Waals surface area contributed by atoms with Crippen LogP contribution in [-0.4, -0.2) is 50.2 Å². The molecule has 4 rings (SSSR count). The van der Waals surface area contributed by atoms with E-state index in [1.165, 1.54) is 11.3 Å². The van der Waals surface area contributed by atoms with Crippen LogP contribution in [0.25, 0.3) is 5.13 Å². The van der Waals surface area contributed by atoms with E-state index >= 15 is 0 Å². The van der Waals surface area contributed by atoms with Gasteiger partial charge in [0.25, 0.3) is 5.91 Å². The van der Waals surface area contributed by atoms with Crippen LogP contribution >= 0.6 is 11.3 Å². The molecule has 0 radical (unpaired) electrons. The Balaban J connectivity index is 1.55. The molecule has 3 heterocycles. The van der Waals surface area contributed by atoms with Crippen molar-refractivity contribution in [2.45, 2.75) is 57.9 Å². The molecule has 2 aromatic heterocycles. The fourth-order valence-corrected chi connectivity index (χ4v) is 5.09. The summed E-state index contributed by atoms with van der Waals surface area (Å²) in [6.45, 7) is 5.15. The molecule has 0 unspecified atom stereocenters. The molecule has 30 heavy (non-hydrogen) atoms. The van der Waals surface area contributed by atoms with Gasteiger partial charge in [0.15, 0.2) is 10.9 Å². The van der Waals surface area contributed by atoms with E-state index in [1.807, 2.05) is 18.4 Å². The summed E-state index contributed by atoms with van der Waals surface area (Å²) >= 11 is 1.49. The van der Waals surface area contributed by atoms with Gasteiger partial charge in [-0.3, -0.25) is 19.1 Å². The molecular formula is C20H22F2N4O3S. The second kappa shape index (κ2) is 6.97. The van der Waals surface area contributed by atoms with Crippen molar-refractivity contribution in [3.05, 3.63) is 34.1 Å². The average Bonchev–Trinajstić information content (AvgIpc) is 3.29. The number of ketones is 1. The number of hydrogen-bond acceptors (Lipinski definition) is 5. The average molecular weight is 436 g/mol. The molecule has 0 bridgehead atoms. The van der Waals surface area contributed by atoms with Crippen molar-refractivity contribution < 1.29 is 23.2 Å². The van der Waals surface area contributed by atoms with Gasteiger partial charge >= 0.3 is 6.03 Å². The molecule has 1 aliphatic carbocycles. The standard InChI is InChI=1S/C20H22F2N4O3S/c1-11-8-14(13(3)26(11)18-23-9-12(2)30-18)15(27)10-25-16(28)19(24-17(25)29)4-6-20(21,22)7-5-19/h8-9H,4-7,10H2,1-3H3,(H,24,29). The van der Waals surface area contributed by atoms with Gasteiger partial charge in [0.05, 0.1) is 6.54 Å². The summed E-state index contributed by atoms with van der Waals surface area (Å²) < 4.78 is 28.9. The van der Waals surface area contributed by atoms with Gasteiger partial charge in [-0.2, -0.15) is 0 Å². The van der Waals surface area contributed by atoms with E-state index in [-0.39, 0.29) is 18.6 Å². The second-order valence-corrected chi connectivity index (χ2v) is 9.27. The molecule has 3 amide bonds. The number of nitrogens with one attached hydrogen (secondary N) is 1. The van der Waals surface area contributed by atoms with Gasteiger partial charge in [0.2, 0.25) is 5.92 Å². The van der Waals surface area contributed by atoms with Gasteiger partial charge < -0.3 is 5.32 Å². The minimum absolute atomic E-state index is 0.132. The number of alkyl halides is 2. The minimum Gasteiger partial charge on any atom is -0.323 e. The molecule has 0 aromatic carbocycles. The predicted octanol–water partition coefficient (Wildman–Crippen LogP) is 3.54. The van der Waals surface area contributed by atoms with Crippen LogP contribution in [0, 0.1) is 20.8 Å². The number of carbonyl (C=O) groups excluding carboxylic acids is 3. The molecule has 2 aliphatic rings. The minimum atomic E-state index is -2.83. The van der Waals surface area contributed by atoms with Crippen molar-refractivity contribution in [3.63, 3.8) is 0 Å². The number of hydrogen-bond donors (Lipinski definition) is 1. The highest BCUT2D eigenvalue weighted by Crippen LogP contribution is 2.41. The zero-order chi connectivity index (χ0) is 21.8. The van der Waals surface area contributed by atoms with Gasteiger partial charge in [0.1, 0.15) is 5.54 Å². The van der Waals surface area contributed by atoms with E-state index < -0.39 is 42.8 Å². The maximum atomic E-state index is 13.5. The van der Waals surface area contributed by atoms with Crippen LogP contribution in [0.5, 0.6) is 0 Å². The zero-order valence-electron chi connectivity index (χ0n) is 16.9. The SMILES string of the molecule is Cc1cnc(-n2c(C)cc(C(=O)CN3C(=O)NC4(CCC(F)(F)CC4)C3=O)c2C)s1. The highest BCUT2D eigenvalue weighted by molar-refractivity contribution is 7.14. The van der Waals surface area contributed by atoms with E-state index in [4.69, 9.17) is 0 Å². The molecule has 2 fully saturated rings.